The van der Waals surface area contributed by atoms with Gasteiger partial charge in [0.1, 0.15) is 0 Å². The normalized spacial score (nSPS) is 17.9. The summed E-state index contributed by atoms with van der Waals surface area (Å²) in [5, 5.41) is 11.1. The molecule has 0 saturated carbocycles. The van der Waals surface area contributed by atoms with Gasteiger partial charge >= 0.3 is 11.9 Å². The van der Waals surface area contributed by atoms with Crippen LogP contribution in [0.25, 0.3) is 0 Å². The number of hydrogen-bond acceptors (Lipinski definition) is 4. The Morgan fingerprint density at radius 1 is 1.20 bits per heavy atom. The van der Waals surface area contributed by atoms with Gasteiger partial charge in [-0.3, -0.25) is 9.59 Å². The Labute approximate surface area is 149 Å². The van der Waals surface area contributed by atoms with E-state index in [-0.39, 0.29) is 6.42 Å². The van der Waals surface area contributed by atoms with Crippen LogP contribution in [0.2, 0.25) is 0 Å². The highest BCUT2D eigenvalue weighted by molar-refractivity contribution is 5.78. The summed E-state index contributed by atoms with van der Waals surface area (Å²) >= 11 is 0. The highest BCUT2D eigenvalue weighted by Crippen LogP contribution is 2.20. The summed E-state index contributed by atoms with van der Waals surface area (Å²) in [6.45, 7) is 1.39. The van der Waals surface area contributed by atoms with Gasteiger partial charge in [0, 0.05) is 25.9 Å². The molecule has 0 aliphatic carbocycles. The van der Waals surface area contributed by atoms with E-state index in [2.05, 4.69) is 21.1 Å². The molecule has 6 nitrogen and oxygen atoms in total. The fraction of sp³-hybridized carbons (Fsp3) is 0.579. The number of piperidine rings is 1. The lowest BCUT2D eigenvalue weighted by molar-refractivity contribution is -0.897. The minimum Gasteiger partial charge on any atom is -0.481 e. The average Bonchev–Trinajstić information content (AvgIpc) is 2.54. The summed E-state index contributed by atoms with van der Waals surface area (Å²) in [5.74, 6) is -2.20. The Kier molecular flexibility index (Phi) is 6.56. The molecule has 0 spiro atoms. The predicted octanol–water partition coefficient (Wildman–Crippen LogP) is 1.95. The van der Waals surface area contributed by atoms with Crippen molar-refractivity contribution in [3.8, 4) is 0 Å². The van der Waals surface area contributed by atoms with Crippen LogP contribution in [0.1, 0.15) is 24.8 Å². The van der Waals surface area contributed by atoms with Gasteiger partial charge in [0.25, 0.3) is 0 Å². The summed E-state index contributed by atoms with van der Waals surface area (Å²) in [5.41, 5.74) is 0.909. The number of nitrogens with zero attached hydrogens (tertiary/aromatic N) is 2. The van der Waals surface area contributed by atoms with Crippen LogP contribution in [-0.2, 0) is 20.8 Å². The molecule has 1 aliphatic rings. The van der Waals surface area contributed by atoms with Gasteiger partial charge in [0.05, 0.1) is 39.5 Å². The van der Waals surface area contributed by atoms with Gasteiger partial charge in [-0.1, -0.05) is 30.3 Å². The molecule has 6 heteroatoms. The summed E-state index contributed by atoms with van der Waals surface area (Å²) in [4.78, 5) is 29.0. The van der Waals surface area contributed by atoms with E-state index in [9.17, 15) is 14.7 Å². The van der Waals surface area contributed by atoms with Gasteiger partial charge in [-0.2, -0.15) is 0 Å². The van der Waals surface area contributed by atoms with Gasteiger partial charge in [-0.15, -0.1) is 5.06 Å². The zero-order valence-electron chi connectivity index (χ0n) is 15.4. The largest absolute Gasteiger partial charge is 0.481 e. The summed E-state index contributed by atoms with van der Waals surface area (Å²) < 4.78 is 0.903. The molecule has 1 N–H and O–H groups in total. The summed E-state index contributed by atoms with van der Waals surface area (Å²) in [7, 11) is 6.52. The van der Waals surface area contributed by atoms with Gasteiger partial charge < -0.3 is 14.4 Å². The van der Waals surface area contributed by atoms with Crippen molar-refractivity contribution in [2.24, 2.45) is 5.92 Å². The van der Waals surface area contributed by atoms with Gasteiger partial charge in [0.15, 0.2) is 0 Å². The number of rotatable bonds is 7. The van der Waals surface area contributed by atoms with Crippen LogP contribution in [0.15, 0.2) is 30.3 Å². The van der Waals surface area contributed by atoms with E-state index < -0.39 is 17.9 Å². The topological polar surface area (TPSA) is 66.8 Å². The van der Waals surface area contributed by atoms with Crippen LogP contribution >= 0.6 is 0 Å². The van der Waals surface area contributed by atoms with Crippen LogP contribution in [0.5, 0.6) is 0 Å². The van der Waals surface area contributed by atoms with Crippen LogP contribution < -0.4 is 0 Å². The molecule has 0 bridgehead atoms. The predicted molar refractivity (Wildman–Crippen MR) is 94.6 cm³/mol. The third-order valence-electron chi connectivity index (χ3n) is 4.84. The Hall–Kier alpha value is -1.92. The second-order valence-electron chi connectivity index (χ2n) is 7.67. The number of quaternary nitrogens is 1. The number of aliphatic carboxylic acids is 1. The van der Waals surface area contributed by atoms with Gasteiger partial charge in [-0.25, -0.2) is 0 Å². The summed E-state index contributed by atoms with van der Waals surface area (Å²) in [6.07, 6.45) is 2.14. The van der Waals surface area contributed by atoms with E-state index in [0.29, 0.717) is 25.6 Å². The van der Waals surface area contributed by atoms with Crippen molar-refractivity contribution in [1.82, 2.24) is 5.06 Å². The highest BCUT2D eigenvalue weighted by atomic mass is 16.7. The van der Waals surface area contributed by atoms with Crippen molar-refractivity contribution in [1.29, 1.82) is 0 Å². The molecule has 1 heterocycles. The van der Waals surface area contributed by atoms with Crippen molar-refractivity contribution in [3.63, 3.8) is 0 Å². The van der Waals surface area contributed by atoms with E-state index >= 15 is 0 Å². The Balaban J connectivity index is 1.83. The number of hydroxylamine groups is 2. The van der Waals surface area contributed by atoms with Crippen molar-refractivity contribution >= 4 is 11.9 Å². The molecule has 0 unspecified atom stereocenters. The first-order valence-corrected chi connectivity index (χ1v) is 8.79. The maximum atomic E-state index is 12.2. The fourth-order valence-electron chi connectivity index (χ4n) is 3.24. The van der Waals surface area contributed by atoms with Crippen molar-refractivity contribution in [2.75, 3.05) is 34.2 Å². The molecule has 138 valence electrons. The number of carboxylic acid groups (broad SMARTS) is 1. The van der Waals surface area contributed by atoms with Gasteiger partial charge in [0.2, 0.25) is 0 Å². The third kappa shape index (κ3) is 6.14. The molecular weight excluding hydrogens is 320 g/mol. The average molecular weight is 349 g/mol. The first-order valence-electron chi connectivity index (χ1n) is 8.79. The Morgan fingerprint density at radius 3 is 2.32 bits per heavy atom. The van der Waals surface area contributed by atoms with E-state index in [4.69, 9.17) is 4.84 Å². The maximum absolute atomic E-state index is 12.2. The molecule has 1 aromatic rings. The SMILES string of the molecule is C[N+](C)(C)C1CCN(OC(=O)C[C@@H](Cc2ccccc2)C(=O)O)CC1. The Morgan fingerprint density at radius 2 is 1.80 bits per heavy atom. The van der Waals surface area contributed by atoms with Crippen molar-refractivity contribution in [2.45, 2.75) is 31.7 Å². The summed E-state index contributed by atoms with van der Waals surface area (Å²) in [6, 6.07) is 9.91. The second kappa shape index (κ2) is 8.45. The number of benzene rings is 1. The molecule has 0 radical (unpaired) electrons. The zero-order chi connectivity index (χ0) is 18.4. The molecule has 1 aliphatic heterocycles. The lowest BCUT2D eigenvalue weighted by atomic mass is 9.96. The van der Waals surface area contributed by atoms with Gasteiger partial charge in [-0.05, 0) is 12.0 Å². The van der Waals surface area contributed by atoms with Crippen LogP contribution in [0.3, 0.4) is 0 Å². The van der Waals surface area contributed by atoms with E-state index in [1.54, 1.807) is 5.06 Å². The van der Waals surface area contributed by atoms with E-state index in [0.717, 1.165) is 22.9 Å². The first-order chi connectivity index (χ1) is 11.8. The standard InChI is InChI=1S/C19H28N2O4/c1-21(2,3)17-9-11-20(12-10-17)25-18(22)14-16(19(23)24)13-15-7-5-4-6-8-15/h4-8,16-17H,9-14H2,1-3H3/p+1/t16-/m1/s1. The Bertz CT molecular complexity index is 575. The number of hydrogen-bond donors (Lipinski definition) is 1. The maximum Gasteiger partial charge on any atom is 0.325 e. The lowest BCUT2D eigenvalue weighted by Gasteiger charge is -2.39. The smallest absolute Gasteiger partial charge is 0.325 e. The third-order valence-corrected chi connectivity index (χ3v) is 4.84. The molecule has 25 heavy (non-hydrogen) atoms. The molecule has 1 fully saturated rings. The minimum atomic E-state index is -0.968. The molecule has 2 rings (SSSR count). The fourth-order valence-corrected chi connectivity index (χ4v) is 3.24. The van der Waals surface area contributed by atoms with Crippen LogP contribution in [-0.4, -0.2) is 66.9 Å². The molecule has 0 amide bonds. The zero-order valence-corrected chi connectivity index (χ0v) is 15.4. The lowest BCUT2D eigenvalue weighted by Crippen LogP contribution is -2.51. The van der Waals surface area contributed by atoms with Crippen LogP contribution in [0.4, 0.5) is 0 Å². The number of carbonyl (C=O) groups is 2. The molecule has 1 saturated heterocycles. The quantitative estimate of drug-likeness (QED) is 0.762. The highest BCUT2D eigenvalue weighted by Gasteiger charge is 2.31. The molecule has 1 aromatic carbocycles. The molecule has 0 aromatic heterocycles. The monoisotopic (exact) mass is 349 g/mol. The number of carbonyl (C=O) groups excluding carboxylic acids is 1. The van der Waals surface area contributed by atoms with E-state index in [1.165, 1.54) is 0 Å². The second-order valence-corrected chi connectivity index (χ2v) is 7.67. The van der Waals surface area contributed by atoms with Crippen LogP contribution in [0, 0.1) is 5.92 Å². The molecule has 1 atom stereocenters. The van der Waals surface area contributed by atoms with Crippen molar-refractivity contribution < 1.29 is 24.0 Å². The molecular formula is C19H29N2O4+. The van der Waals surface area contributed by atoms with E-state index in [1.807, 2.05) is 30.3 Å². The number of carboxylic acids is 1. The first kappa shape index (κ1) is 19.4. The van der Waals surface area contributed by atoms with Crippen molar-refractivity contribution in [3.05, 3.63) is 35.9 Å². The minimum absolute atomic E-state index is 0.112.